The predicted molar refractivity (Wildman–Crippen MR) is 129 cm³/mol. The standard InChI is InChI=1S/C24H19N3O6S/c1-3-32-17-7-4-15(5-8-17)26-23(29)20(22(28)25-24(26)34)13-18-9-11-21(33-18)19-10-6-16(27(30)31)12-14(19)2/h4-13H,3H2,1-2H3,(H,25,28,34). The van der Waals surface area contributed by atoms with E-state index in [9.17, 15) is 19.7 Å². The van der Waals surface area contributed by atoms with Gasteiger partial charge in [-0.2, -0.15) is 0 Å². The number of nitro benzene ring substituents is 1. The van der Waals surface area contributed by atoms with E-state index in [1.54, 1.807) is 49.4 Å². The second-order valence-electron chi connectivity index (χ2n) is 7.34. The van der Waals surface area contributed by atoms with Crippen molar-refractivity contribution >= 4 is 46.6 Å². The van der Waals surface area contributed by atoms with Crippen molar-refractivity contribution in [3.8, 4) is 17.1 Å². The van der Waals surface area contributed by atoms with Gasteiger partial charge >= 0.3 is 0 Å². The van der Waals surface area contributed by atoms with Crippen LogP contribution in [0.15, 0.2) is 64.6 Å². The number of nitrogens with one attached hydrogen (secondary N) is 1. The van der Waals surface area contributed by atoms with E-state index in [1.165, 1.54) is 23.1 Å². The molecule has 1 saturated heterocycles. The first-order valence-electron chi connectivity index (χ1n) is 10.3. The topological polar surface area (TPSA) is 115 Å². The minimum Gasteiger partial charge on any atom is -0.494 e. The maximum atomic E-state index is 13.2. The van der Waals surface area contributed by atoms with Crippen LogP contribution >= 0.6 is 12.2 Å². The van der Waals surface area contributed by atoms with Gasteiger partial charge in [-0.15, -0.1) is 0 Å². The number of rotatable bonds is 6. The lowest BCUT2D eigenvalue weighted by Crippen LogP contribution is -2.54. The molecule has 0 unspecified atom stereocenters. The first-order chi connectivity index (χ1) is 16.3. The van der Waals surface area contributed by atoms with Crippen molar-refractivity contribution in [2.24, 2.45) is 0 Å². The molecule has 0 bridgehead atoms. The third-order valence-electron chi connectivity index (χ3n) is 5.11. The highest BCUT2D eigenvalue weighted by Crippen LogP contribution is 2.30. The Kier molecular flexibility index (Phi) is 6.24. The molecular formula is C24H19N3O6S. The van der Waals surface area contributed by atoms with Gasteiger partial charge in [0.2, 0.25) is 0 Å². The third-order valence-corrected chi connectivity index (χ3v) is 5.39. The number of nitro groups is 1. The van der Waals surface area contributed by atoms with Crippen molar-refractivity contribution in [1.29, 1.82) is 0 Å². The minimum atomic E-state index is -0.637. The monoisotopic (exact) mass is 477 g/mol. The lowest BCUT2D eigenvalue weighted by molar-refractivity contribution is -0.384. The second kappa shape index (κ2) is 9.28. The quantitative estimate of drug-likeness (QED) is 0.184. The van der Waals surface area contributed by atoms with E-state index in [0.29, 0.717) is 34.9 Å². The summed E-state index contributed by atoms with van der Waals surface area (Å²) in [6, 6.07) is 14.5. The third kappa shape index (κ3) is 4.44. The molecule has 10 heteroatoms. The summed E-state index contributed by atoms with van der Waals surface area (Å²) in [7, 11) is 0. The van der Waals surface area contributed by atoms with Gasteiger partial charge in [-0.1, -0.05) is 0 Å². The maximum Gasteiger partial charge on any atom is 0.270 e. The Hall–Kier alpha value is -4.31. The van der Waals surface area contributed by atoms with Crippen LogP contribution in [0.4, 0.5) is 11.4 Å². The number of non-ortho nitro benzene ring substituents is 1. The lowest BCUT2D eigenvalue weighted by atomic mass is 10.1. The van der Waals surface area contributed by atoms with Gasteiger partial charge in [0, 0.05) is 17.7 Å². The Morgan fingerprint density at radius 1 is 1.15 bits per heavy atom. The average molecular weight is 477 g/mol. The Morgan fingerprint density at radius 2 is 1.88 bits per heavy atom. The van der Waals surface area contributed by atoms with E-state index in [0.717, 1.165) is 0 Å². The van der Waals surface area contributed by atoms with Crippen LogP contribution in [-0.2, 0) is 9.59 Å². The van der Waals surface area contributed by atoms with E-state index in [1.807, 2.05) is 6.92 Å². The zero-order valence-electron chi connectivity index (χ0n) is 18.2. The van der Waals surface area contributed by atoms with Gasteiger partial charge in [0.1, 0.15) is 22.8 Å². The molecule has 0 spiro atoms. The zero-order valence-corrected chi connectivity index (χ0v) is 19.0. The number of benzene rings is 2. The molecule has 3 aromatic rings. The summed E-state index contributed by atoms with van der Waals surface area (Å²) in [5.41, 5.74) is 1.62. The van der Waals surface area contributed by atoms with Crippen LogP contribution in [0.1, 0.15) is 18.2 Å². The molecule has 2 heterocycles. The van der Waals surface area contributed by atoms with Crippen LogP contribution in [0, 0.1) is 17.0 Å². The molecule has 1 aromatic heterocycles. The van der Waals surface area contributed by atoms with E-state index in [-0.39, 0.29) is 22.1 Å². The Labute approximate surface area is 199 Å². The number of hydrogen-bond donors (Lipinski definition) is 1. The molecule has 4 rings (SSSR count). The number of amides is 2. The molecule has 1 fully saturated rings. The van der Waals surface area contributed by atoms with Gasteiger partial charge in [0.25, 0.3) is 17.5 Å². The highest BCUT2D eigenvalue weighted by atomic mass is 32.1. The number of nitrogens with zero attached hydrogens (tertiary/aromatic N) is 2. The predicted octanol–water partition coefficient (Wildman–Crippen LogP) is 4.39. The molecular weight excluding hydrogens is 458 g/mol. The number of aryl methyl sites for hydroxylation is 1. The van der Waals surface area contributed by atoms with Crippen LogP contribution < -0.4 is 15.0 Å². The smallest absolute Gasteiger partial charge is 0.270 e. The number of ether oxygens (including phenoxy) is 1. The first kappa shape index (κ1) is 22.9. The second-order valence-corrected chi connectivity index (χ2v) is 7.73. The van der Waals surface area contributed by atoms with Crippen LogP contribution in [0.2, 0.25) is 0 Å². The molecule has 9 nitrogen and oxygen atoms in total. The van der Waals surface area contributed by atoms with Crippen LogP contribution in [0.25, 0.3) is 17.4 Å². The Bertz CT molecular complexity index is 1340. The van der Waals surface area contributed by atoms with Crippen LogP contribution in [0.3, 0.4) is 0 Å². The van der Waals surface area contributed by atoms with Gasteiger partial charge in [-0.25, -0.2) is 0 Å². The van der Waals surface area contributed by atoms with Gasteiger partial charge in [0.15, 0.2) is 5.11 Å². The van der Waals surface area contributed by atoms with Gasteiger partial charge in [-0.3, -0.25) is 29.9 Å². The molecule has 0 radical (unpaired) electrons. The van der Waals surface area contributed by atoms with Gasteiger partial charge in [-0.05, 0) is 80.2 Å². The molecule has 34 heavy (non-hydrogen) atoms. The first-order valence-corrected chi connectivity index (χ1v) is 10.7. The summed E-state index contributed by atoms with van der Waals surface area (Å²) in [4.78, 5) is 37.4. The number of furan rings is 1. The van der Waals surface area contributed by atoms with Crippen LogP contribution in [-0.4, -0.2) is 28.5 Å². The number of hydrogen-bond acceptors (Lipinski definition) is 7. The summed E-state index contributed by atoms with van der Waals surface area (Å²) in [5.74, 6) is 0.127. The van der Waals surface area contributed by atoms with Crippen molar-refractivity contribution in [2.75, 3.05) is 11.5 Å². The van der Waals surface area contributed by atoms with Gasteiger partial charge in [0.05, 0.1) is 17.2 Å². The minimum absolute atomic E-state index is 0.0232. The Balaban J connectivity index is 1.63. The zero-order chi connectivity index (χ0) is 24.4. The fourth-order valence-corrected chi connectivity index (χ4v) is 3.79. The number of thiocarbonyl (C=S) groups is 1. The maximum absolute atomic E-state index is 13.2. The molecule has 0 saturated carbocycles. The summed E-state index contributed by atoms with van der Waals surface area (Å²) < 4.78 is 11.2. The van der Waals surface area contributed by atoms with E-state index in [4.69, 9.17) is 21.4 Å². The summed E-state index contributed by atoms with van der Waals surface area (Å²) in [6.45, 7) is 4.11. The molecule has 1 aliphatic rings. The fraction of sp³-hybridized carbons (Fsp3) is 0.125. The van der Waals surface area contributed by atoms with Crippen molar-refractivity contribution in [2.45, 2.75) is 13.8 Å². The number of carbonyl (C=O) groups excluding carboxylic acids is 2. The molecule has 0 aliphatic carbocycles. The highest BCUT2D eigenvalue weighted by Gasteiger charge is 2.34. The van der Waals surface area contributed by atoms with Crippen LogP contribution in [0.5, 0.6) is 5.75 Å². The van der Waals surface area contributed by atoms with Crippen molar-refractivity contribution in [3.63, 3.8) is 0 Å². The highest BCUT2D eigenvalue weighted by molar-refractivity contribution is 7.80. The summed E-state index contributed by atoms with van der Waals surface area (Å²) in [5, 5.41) is 13.5. The fourth-order valence-electron chi connectivity index (χ4n) is 3.51. The van der Waals surface area contributed by atoms with E-state index >= 15 is 0 Å². The van der Waals surface area contributed by atoms with E-state index < -0.39 is 16.7 Å². The molecule has 2 aromatic carbocycles. The molecule has 1 N–H and O–H groups in total. The normalized spacial score (nSPS) is 14.9. The molecule has 2 amide bonds. The largest absolute Gasteiger partial charge is 0.494 e. The average Bonchev–Trinajstić information content (AvgIpc) is 3.26. The lowest BCUT2D eigenvalue weighted by Gasteiger charge is -2.28. The summed E-state index contributed by atoms with van der Waals surface area (Å²) >= 11 is 5.22. The molecule has 172 valence electrons. The molecule has 1 aliphatic heterocycles. The summed E-state index contributed by atoms with van der Waals surface area (Å²) in [6.07, 6.45) is 1.34. The molecule has 0 atom stereocenters. The van der Waals surface area contributed by atoms with Crippen molar-refractivity contribution in [1.82, 2.24) is 5.32 Å². The number of anilines is 1. The van der Waals surface area contributed by atoms with E-state index in [2.05, 4.69) is 5.32 Å². The van der Waals surface area contributed by atoms with Crippen molar-refractivity contribution < 1.29 is 23.7 Å². The Morgan fingerprint density at radius 3 is 2.53 bits per heavy atom. The van der Waals surface area contributed by atoms with Gasteiger partial charge < -0.3 is 9.15 Å². The van der Waals surface area contributed by atoms with Crippen molar-refractivity contribution in [3.05, 3.63) is 81.6 Å². The number of carbonyl (C=O) groups is 2. The SMILES string of the molecule is CCOc1ccc(N2C(=O)C(=Cc3ccc(-c4ccc([N+](=O)[O-])cc4C)o3)C(=O)NC2=S)cc1.